The molecule has 2 atom stereocenters. The molecule has 2 aromatic rings. The van der Waals surface area contributed by atoms with Crippen molar-refractivity contribution in [2.24, 2.45) is 5.92 Å². The van der Waals surface area contributed by atoms with Crippen molar-refractivity contribution in [3.05, 3.63) is 63.4 Å². The van der Waals surface area contributed by atoms with Gasteiger partial charge in [-0.3, -0.25) is 9.59 Å². The Morgan fingerprint density at radius 2 is 1.79 bits per heavy atom. The molecule has 0 saturated carbocycles. The van der Waals surface area contributed by atoms with E-state index in [4.69, 9.17) is 28.3 Å². The van der Waals surface area contributed by atoms with Gasteiger partial charge in [0, 0.05) is 35.8 Å². The minimum Gasteiger partial charge on any atom is -0.481 e. The first kappa shape index (κ1) is 25.3. The third-order valence-corrected chi connectivity index (χ3v) is 6.60. The van der Waals surface area contributed by atoms with Crippen molar-refractivity contribution in [1.82, 2.24) is 9.88 Å². The molecule has 2 N–H and O–H groups in total. The zero-order valence-corrected chi connectivity index (χ0v) is 19.0. The number of rotatable bonds is 5. The summed E-state index contributed by atoms with van der Waals surface area (Å²) in [7, 11) is 0. The molecule has 3 rings (SSSR count). The van der Waals surface area contributed by atoms with E-state index in [-0.39, 0.29) is 34.4 Å². The fourth-order valence-electron chi connectivity index (χ4n) is 4.05. The number of benzene rings is 1. The number of pyridine rings is 1. The first-order chi connectivity index (χ1) is 15.4. The van der Waals surface area contributed by atoms with E-state index in [9.17, 15) is 27.9 Å². The van der Waals surface area contributed by atoms with Crippen molar-refractivity contribution >= 4 is 35.1 Å². The Hall–Kier alpha value is -2.36. The average molecular weight is 505 g/mol. The molecular formula is C22H21Cl2F3N2O4. The van der Waals surface area contributed by atoms with Crippen LogP contribution in [0.4, 0.5) is 13.2 Å². The van der Waals surface area contributed by atoms with Gasteiger partial charge >= 0.3 is 12.1 Å². The molecule has 1 aromatic carbocycles. The number of aliphatic carboxylic acids is 1. The largest absolute Gasteiger partial charge is 0.481 e. The Balaban J connectivity index is 1.89. The lowest BCUT2D eigenvalue weighted by molar-refractivity contribution is -0.274. The van der Waals surface area contributed by atoms with E-state index in [1.54, 1.807) is 0 Å². The van der Waals surface area contributed by atoms with Gasteiger partial charge in [0.1, 0.15) is 5.15 Å². The quantitative estimate of drug-likeness (QED) is 0.566. The molecule has 2 unspecified atom stereocenters. The molecule has 1 amide bonds. The number of carboxylic acids is 1. The molecule has 0 bridgehead atoms. The SMILES string of the molecule is CC(c1ccc(C(=O)N2CCC(C(=O)O)CC2)cc1Cl)C(O)(c1ccnc(Cl)c1)C(F)(F)F. The van der Waals surface area contributed by atoms with E-state index in [1.165, 1.54) is 30.0 Å². The molecule has 0 radical (unpaired) electrons. The minimum atomic E-state index is -5.07. The third-order valence-electron chi connectivity index (χ3n) is 6.07. The first-order valence-corrected chi connectivity index (χ1v) is 10.8. The highest BCUT2D eigenvalue weighted by Crippen LogP contribution is 2.50. The van der Waals surface area contributed by atoms with E-state index in [0.717, 1.165) is 18.3 Å². The molecule has 178 valence electrons. The van der Waals surface area contributed by atoms with Gasteiger partial charge in [-0.15, -0.1) is 0 Å². The molecule has 1 fully saturated rings. The Bertz CT molecular complexity index is 1060. The molecule has 6 nitrogen and oxygen atoms in total. The highest BCUT2D eigenvalue weighted by Gasteiger charge is 2.59. The summed E-state index contributed by atoms with van der Waals surface area (Å²) in [6, 6.07) is 5.86. The number of aromatic nitrogens is 1. The van der Waals surface area contributed by atoms with E-state index in [2.05, 4.69) is 4.98 Å². The maximum absolute atomic E-state index is 14.1. The topological polar surface area (TPSA) is 90.7 Å². The number of piperidine rings is 1. The van der Waals surface area contributed by atoms with Gasteiger partial charge in [-0.25, -0.2) is 4.98 Å². The fourth-order valence-corrected chi connectivity index (χ4v) is 4.57. The highest BCUT2D eigenvalue weighted by atomic mass is 35.5. The van der Waals surface area contributed by atoms with Gasteiger partial charge in [-0.2, -0.15) is 13.2 Å². The van der Waals surface area contributed by atoms with Crippen molar-refractivity contribution in [2.75, 3.05) is 13.1 Å². The van der Waals surface area contributed by atoms with Gasteiger partial charge in [-0.1, -0.05) is 36.2 Å². The second-order valence-corrected chi connectivity index (χ2v) is 8.79. The van der Waals surface area contributed by atoms with Gasteiger partial charge in [0.2, 0.25) is 0 Å². The van der Waals surface area contributed by atoms with Gasteiger partial charge in [-0.05, 0) is 48.2 Å². The Labute approximate surface area is 197 Å². The third kappa shape index (κ3) is 4.95. The monoisotopic (exact) mass is 504 g/mol. The fraction of sp³-hybridized carbons (Fsp3) is 0.409. The number of alkyl halides is 3. The standard InChI is InChI=1S/C22H21Cl2F3N2O4/c1-12(21(33,22(25,26)27)15-4-7-28-18(24)11-15)16-3-2-14(10-17(16)23)19(30)29-8-5-13(6-9-29)20(31)32/h2-4,7,10-13,33H,5-6,8-9H2,1H3,(H,31,32). The number of carbonyl (C=O) groups is 2. The van der Waals surface area contributed by atoms with Crippen LogP contribution in [0.2, 0.25) is 10.2 Å². The van der Waals surface area contributed by atoms with Crippen LogP contribution in [0.25, 0.3) is 0 Å². The number of amides is 1. The van der Waals surface area contributed by atoms with Crippen LogP contribution in [0.3, 0.4) is 0 Å². The van der Waals surface area contributed by atoms with E-state index >= 15 is 0 Å². The van der Waals surface area contributed by atoms with Gasteiger partial charge in [0.25, 0.3) is 5.91 Å². The normalized spacial score (nSPS) is 18.0. The summed E-state index contributed by atoms with van der Waals surface area (Å²) in [5, 5.41) is 19.6. The minimum absolute atomic E-state index is 0.00874. The van der Waals surface area contributed by atoms with Crippen LogP contribution in [-0.2, 0) is 10.4 Å². The highest BCUT2D eigenvalue weighted by molar-refractivity contribution is 6.31. The van der Waals surface area contributed by atoms with Crippen molar-refractivity contribution in [2.45, 2.75) is 37.5 Å². The predicted molar refractivity (Wildman–Crippen MR) is 115 cm³/mol. The van der Waals surface area contributed by atoms with Crippen LogP contribution in [0, 0.1) is 5.92 Å². The van der Waals surface area contributed by atoms with Crippen molar-refractivity contribution in [3.63, 3.8) is 0 Å². The summed E-state index contributed by atoms with van der Waals surface area (Å²) < 4.78 is 42.2. The van der Waals surface area contributed by atoms with Crippen LogP contribution < -0.4 is 0 Å². The van der Waals surface area contributed by atoms with Crippen molar-refractivity contribution < 1.29 is 33.0 Å². The molecule has 1 aliphatic rings. The van der Waals surface area contributed by atoms with Gasteiger partial charge < -0.3 is 15.1 Å². The Morgan fingerprint density at radius 1 is 1.15 bits per heavy atom. The zero-order valence-electron chi connectivity index (χ0n) is 17.4. The first-order valence-electron chi connectivity index (χ1n) is 10.1. The summed E-state index contributed by atoms with van der Waals surface area (Å²) in [5.41, 5.74) is -3.65. The number of aliphatic hydroxyl groups is 1. The summed E-state index contributed by atoms with van der Waals surface area (Å²) in [6.45, 7) is 1.69. The van der Waals surface area contributed by atoms with E-state index in [1.807, 2.05) is 0 Å². The molecule has 11 heteroatoms. The molecule has 1 aromatic heterocycles. The number of carboxylic acid groups (broad SMARTS) is 1. The number of halogens is 5. The molecule has 0 spiro atoms. The summed E-state index contributed by atoms with van der Waals surface area (Å²) in [5.74, 6) is -3.36. The lowest BCUT2D eigenvalue weighted by Gasteiger charge is -2.37. The number of carbonyl (C=O) groups excluding carboxylic acids is 1. The maximum atomic E-state index is 14.1. The van der Waals surface area contributed by atoms with Crippen molar-refractivity contribution in [3.8, 4) is 0 Å². The summed E-state index contributed by atoms with van der Waals surface area (Å²) in [4.78, 5) is 29.0. The number of hydrogen-bond acceptors (Lipinski definition) is 4. The molecule has 1 aliphatic heterocycles. The van der Waals surface area contributed by atoms with Gasteiger partial charge in [0.05, 0.1) is 5.92 Å². The van der Waals surface area contributed by atoms with Crippen LogP contribution >= 0.6 is 23.2 Å². The lowest BCUT2D eigenvalue weighted by Crippen LogP contribution is -2.46. The molecule has 1 saturated heterocycles. The van der Waals surface area contributed by atoms with E-state index < -0.39 is 41.1 Å². The van der Waals surface area contributed by atoms with E-state index in [0.29, 0.717) is 12.8 Å². The molecule has 2 heterocycles. The summed E-state index contributed by atoms with van der Waals surface area (Å²) in [6.07, 6.45) is -3.37. The van der Waals surface area contributed by atoms with Crippen LogP contribution in [0.5, 0.6) is 0 Å². The van der Waals surface area contributed by atoms with Crippen LogP contribution in [0.1, 0.15) is 47.2 Å². The lowest BCUT2D eigenvalue weighted by atomic mass is 9.78. The van der Waals surface area contributed by atoms with Gasteiger partial charge in [0.15, 0.2) is 5.60 Å². The second-order valence-electron chi connectivity index (χ2n) is 7.99. The zero-order chi connectivity index (χ0) is 24.6. The molecular weight excluding hydrogens is 484 g/mol. The Morgan fingerprint density at radius 3 is 2.30 bits per heavy atom. The Kier molecular flexibility index (Phi) is 7.26. The smallest absolute Gasteiger partial charge is 0.422 e. The predicted octanol–water partition coefficient (Wildman–Crippen LogP) is 4.88. The number of nitrogens with zero attached hydrogens (tertiary/aromatic N) is 2. The number of hydrogen-bond donors (Lipinski definition) is 2. The second kappa shape index (κ2) is 9.48. The van der Waals surface area contributed by atoms with Crippen LogP contribution in [0.15, 0.2) is 36.5 Å². The van der Waals surface area contributed by atoms with Crippen LogP contribution in [-0.4, -0.2) is 51.2 Å². The maximum Gasteiger partial charge on any atom is 0.422 e. The summed E-state index contributed by atoms with van der Waals surface area (Å²) >= 11 is 12.0. The average Bonchev–Trinajstić information content (AvgIpc) is 2.76. The molecule has 33 heavy (non-hydrogen) atoms. The van der Waals surface area contributed by atoms with Crippen molar-refractivity contribution in [1.29, 1.82) is 0 Å². The molecule has 0 aliphatic carbocycles. The number of likely N-dealkylation sites (tertiary alicyclic amines) is 1.